The van der Waals surface area contributed by atoms with E-state index in [1.807, 2.05) is 55.0 Å². The zero-order chi connectivity index (χ0) is 35.8. The van der Waals surface area contributed by atoms with Gasteiger partial charge in [0.1, 0.15) is 5.82 Å². The van der Waals surface area contributed by atoms with Gasteiger partial charge in [-0.25, -0.2) is 4.98 Å². The Bertz CT molecular complexity index is 2760. The van der Waals surface area contributed by atoms with Crippen molar-refractivity contribution in [2.75, 3.05) is 9.80 Å². The topological polar surface area (TPSA) is 50.1 Å². The van der Waals surface area contributed by atoms with Gasteiger partial charge >= 0.3 is 0 Å². The number of hydrogen-bond acceptors (Lipinski definition) is 5. The number of para-hydroxylation sites is 4. The third-order valence-electron chi connectivity index (χ3n) is 9.86. The molecule has 1 aliphatic heterocycles. The predicted octanol–water partition coefficient (Wildman–Crippen LogP) is 11.0. The van der Waals surface area contributed by atoms with Crippen LogP contribution in [-0.2, 0) is 21.1 Å². The van der Waals surface area contributed by atoms with E-state index in [1.165, 1.54) is 0 Å². The Morgan fingerprint density at radius 3 is 1.93 bits per heavy atom. The smallest absolute Gasteiger partial charge is 0.136 e. The average molecular weight is 887 g/mol. The van der Waals surface area contributed by atoms with Crippen molar-refractivity contribution in [2.45, 2.75) is 0 Å². The Hall–Kier alpha value is -6.62. The fraction of sp³-hybridized carbons (Fsp3) is 0. The average Bonchev–Trinajstić information content (AvgIpc) is 3.80. The van der Waals surface area contributed by atoms with Crippen molar-refractivity contribution in [1.29, 1.82) is 0 Å². The Labute approximate surface area is 334 Å². The van der Waals surface area contributed by atoms with Crippen LogP contribution in [0.5, 0.6) is 0 Å². The SMILES string of the molecule is [Pt].[c-]1c(C(=C(c2cccnc2)c2cccnc2)c2[c-]c3c(cc2)c2ccccc2n3-c2ccccn2)cccc1N1[CH-]N(c2ccccc2)c2ccccc21. The Kier molecular flexibility index (Phi) is 9.11. The van der Waals surface area contributed by atoms with Crippen molar-refractivity contribution in [3.8, 4) is 5.82 Å². The summed E-state index contributed by atoms with van der Waals surface area (Å²) < 4.78 is 2.20. The van der Waals surface area contributed by atoms with Gasteiger partial charge < -0.3 is 14.4 Å². The van der Waals surface area contributed by atoms with Gasteiger partial charge in [0.15, 0.2) is 0 Å². The number of hydrogen-bond donors (Lipinski definition) is 0. The molecule has 4 aromatic heterocycles. The molecule has 0 fully saturated rings. The van der Waals surface area contributed by atoms with Crippen LogP contribution < -0.4 is 9.80 Å². The molecule has 0 aliphatic carbocycles. The van der Waals surface area contributed by atoms with Crippen molar-refractivity contribution in [3.05, 3.63) is 224 Å². The van der Waals surface area contributed by atoms with Gasteiger partial charge in [0.05, 0.1) is 0 Å². The molecule has 0 saturated carbocycles. The second kappa shape index (κ2) is 14.7. The molecule has 0 atom stereocenters. The molecule has 1 aliphatic rings. The minimum atomic E-state index is 0. The summed E-state index contributed by atoms with van der Waals surface area (Å²) in [5.41, 5.74) is 11.9. The zero-order valence-corrected chi connectivity index (χ0v) is 31.7. The second-order valence-corrected chi connectivity index (χ2v) is 13.0. The van der Waals surface area contributed by atoms with Crippen LogP contribution >= 0.6 is 0 Å². The standard InChI is InChI=1S/C48H31N6.Pt/c1-2-16-38(17-3-1)52-33-53(44-22-7-6-21-43(44)52)39-18-10-13-34(29-39)47(48(36-14-11-26-49-31-36)37-15-12-27-50-32-37)35-24-25-41-40-19-4-5-20-42(40)54(45(41)30-35)46-23-8-9-28-51-46;/h1-28,31-33H;/q-3;. The normalized spacial score (nSPS) is 12.1. The van der Waals surface area contributed by atoms with Crippen molar-refractivity contribution < 1.29 is 21.1 Å². The third-order valence-corrected chi connectivity index (χ3v) is 9.86. The number of aromatic nitrogens is 4. The summed E-state index contributed by atoms with van der Waals surface area (Å²) >= 11 is 0. The van der Waals surface area contributed by atoms with E-state index in [4.69, 9.17) is 4.98 Å². The number of benzene rings is 5. The van der Waals surface area contributed by atoms with Gasteiger partial charge in [0.2, 0.25) is 0 Å². The van der Waals surface area contributed by atoms with E-state index in [1.54, 1.807) is 12.4 Å². The molecular formula is C48H31N6Pt-3. The van der Waals surface area contributed by atoms with Crippen molar-refractivity contribution in [1.82, 2.24) is 19.5 Å². The van der Waals surface area contributed by atoms with Crippen LogP contribution in [0.4, 0.5) is 22.7 Å². The Balaban J connectivity index is 0.00000397. The first-order valence-corrected chi connectivity index (χ1v) is 17.8. The van der Waals surface area contributed by atoms with Crippen molar-refractivity contribution in [3.63, 3.8) is 0 Å². The molecule has 5 heterocycles. The van der Waals surface area contributed by atoms with Crippen molar-refractivity contribution in [2.24, 2.45) is 0 Å². The van der Waals surface area contributed by atoms with Gasteiger partial charge in [-0.15, -0.1) is 65.8 Å². The maximum atomic E-state index is 4.78. The summed E-state index contributed by atoms with van der Waals surface area (Å²) in [6.07, 6.45) is 9.27. The first-order chi connectivity index (χ1) is 26.8. The Morgan fingerprint density at radius 1 is 0.509 bits per heavy atom. The summed E-state index contributed by atoms with van der Waals surface area (Å²) in [6.45, 7) is 2.14. The molecule has 0 amide bonds. The molecule has 9 aromatic rings. The summed E-state index contributed by atoms with van der Waals surface area (Å²) in [5.74, 6) is 0.835. The molecule has 7 heteroatoms. The van der Waals surface area contributed by atoms with Crippen LogP contribution in [0.3, 0.4) is 0 Å². The maximum Gasteiger partial charge on any atom is 0.136 e. The summed E-state index contributed by atoms with van der Waals surface area (Å²) in [7, 11) is 0. The van der Waals surface area contributed by atoms with Gasteiger partial charge in [-0.3, -0.25) is 9.97 Å². The fourth-order valence-corrected chi connectivity index (χ4v) is 7.49. The van der Waals surface area contributed by atoms with Gasteiger partial charge in [-0.2, -0.15) is 0 Å². The third kappa shape index (κ3) is 6.11. The van der Waals surface area contributed by atoms with Crippen molar-refractivity contribution >= 4 is 55.7 Å². The molecule has 266 valence electrons. The quantitative estimate of drug-likeness (QED) is 0.149. The van der Waals surface area contributed by atoms with E-state index >= 15 is 0 Å². The van der Waals surface area contributed by atoms with Crippen LogP contribution in [0.2, 0.25) is 0 Å². The van der Waals surface area contributed by atoms with E-state index in [-0.39, 0.29) is 21.1 Å². The molecular weight excluding hydrogens is 856 g/mol. The molecule has 55 heavy (non-hydrogen) atoms. The molecule has 0 bridgehead atoms. The second-order valence-electron chi connectivity index (χ2n) is 13.0. The van der Waals surface area contributed by atoms with Crippen LogP contribution in [0, 0.1) is 18.8 Å². The largest absolute Gasteiger partial charge is 0.488 e. The summed E-state index contributed by atoms with van der Waals surface area (Å²) in [5, 5.41) is 2.25. The van der Waals surface area contributed by atoms with E-state index in [2.05, 4.69) is 158 Å². The number of fused-ring (bicyclic) bond motifs is 4. The van der Waals surface area contributed by atoms with E-state index < -0.39 is 0 Å². The van der Waals surface area contributed by atoms with Gasteiger partial charge in [0.25, 0.3) is 0 Å². The first-order valence-electron chi connectivity index (χ1n) is 17.8. The molecule has 6 nitrogen and oxygen atoms in total. The number of nitrogens with zero attached hydrogens (tertiary/aromatic N) is 6. The molecule has 0 spiro atoms. The van der Waals surface area contributed by atoms with Crippen LogP contribution in [0.1, 0.15) is 22.3 Å². The number of rotatable bonds is 7. The molecule has 0 unspecified atom stereocenters. The summed E-state index contributed by atoms with van der Waals surface area (Å²) in [4.78, 5) is 18.4. The predicted molar refractivity (Wildman–Crippen MR) is 218 cm³/mol. The monoisotopic (exact) mass is 886 g/mol. The minimum Gasteiger partial charge on any atom is -0.488 e. The number of pyridine rings is 3. The minimum absolute atomic E-state index is 0. The molecule has 0 N–H and O–H groups in total. The van der Waals surface area contributed by atoms with Gasteiger partial charge in [-0.05, 0) is 82.2 Å². The summed E-state index contributed by atoms with van der Waals surface area (Å²) in [6, 6.07) is 60.0. The van der Waals surface area contributed by atoms with Gasteiger partial charge in [-0.1, -0.05) is 77.8 Å². The Morgan fingerprint density at radius 2 is 1.20 bits per heavy atom. The van der Waals surface area contributed by atoms with E-state index in [0.29, 0.717) is 0 Å². The van der Waals surface area contributed by atoms with Gasteiger partial charge in [0, 0.05) is 74.6 Å². The number of anilines is 4. The van der Waals surface area contributed by atoms with Crippen LogP contribution in [0.15, 0.2) is 183 Å². The van der Waals surface area contributed by atoms with E-state index in [9.17, 15) is 0 Å². The van der Waals surface area contributed by atoms with Crippen LogP contribution in [-0.4, -0.2) is 19.5 Å². The first kappa shape index (κ1) is 34.2. The molecule has 10 rings (SSSR count). The molecule has 5 aromatic carbocycles. The van der Waals surface area contributed by atoms with Crippen LogP contribution in [0.25, 0.3) is 38.8 Å². The fourth-order valence-electron chi connectivity index (χ4n) is 7.49. The zero-order valence-electron chi connectivity index (χ0n) is 29.4. The van der Waals surface area contributed by atoms with E-state index in [0.717, 1.165) is 83.8 Å². The molecule has 0 radical (unpaired) electrons. The molecule has 0 saturated heterocycles. The maximum absolute atomic E-state index is 4.78.